The molecule has 0 saturated heterocycles. The number of carbonyl (C=O) groups is 1. The summed E-state index contributed by atoms with van der Waals surface area (Å²) in [5, 5.41) is 0. The van der Waals surface area contributed by atoms with Gasteiger partial charge < -0.3 is 4.74 Å². The van der Waals surface area contributed by atoms with Crippen LogP contribution in [0.5, 0.6) is 0 Å². The predicted octanol–water partition coefficient (Wildman–Crippen LogP) is 2.40. The van der Waals surface area contributed by atoms with Crippen LogP contribution in [0.25, 0.3) is 0 Å². The molecule has 0 aliphatic heterocycles. The van der Waals surface area contributed by atoms with E-state index in [0.717, 1.165) is 11.1 Å². The highest BCUT2D eigenvalue weighted by Gasteiger charge is 1.93. The predicted molar refractivity (Wildman–Crippen MR) is 54.3 cm³/mol. The van der Waals surface area contributed by atoms with Crippen molar-refractivity contribution in [2.24, 2.45) is 0 Å². The summed E-state index contributed by atoms with van der Waals surface area (Å²) >= 11 is 0. The fourth-order valence-corrected chi connectivity index (χ4v) is 0.704. The molecule has 0 aliphatic rings. The topological polar surface area (TPSA) is 26.3 Å². The standard InChI is InChI=1S/C11H14O2/c1-5-9(3)10(6-2)7-8-11(12)13-4/h5-8H,1-2H2,3-4H3/b8-7+,10-9+. The van der Waals surface area contributed by atoms with E-state index in [2.05, 4.69) is 17.9 Å². The van der Waals surface area contributed by atoms with Gasteiger partial charge in [0.25, 0.3) is 0 Å². The molecule has 2 nitrogen and oxygen atoms in total. The first-order chi connectivity index (χ1) is 6.15. The van der Waals surface area contributed by atoms with Crippen LogP contribution in [0.3, 0.4) is 0 Å². The molecule has 0 amide bonds. The lowest BCUT2D eigenvalue weighted by Crippen LogP contribution is -1.93. The monoisotopic (exact) mass is 178 g/mol. The third-order valence-electron chi connectivity index (χ3n) is 1.58. The smallest absolute Gasteiger partial charge is 0.330 e. The van der Waals surface area contributed by atoms with Gasteiger partial charge in [-0.25, -0.2) is 4.79 Å². The Kier molecular flexibility index (Phi) is 5.28. The zero-order valence-electron chi connectivity index (χ0n) is 8.04. The van der Waals surface area contributed by atoms with Gasteiger partial charge in [0.2, 0.25) is 0 Å². The lowest BCUT2D eigenvalue weighted by atomic mass is 10.1. The van der Waals surface area contributed by atoms with E-state index < -0.39 is 0 Å². The van der Waals surface area contributed by atoms with Gasteiger partial charge in [0.1, 0.15) is 0 Å². The number of methoxy groups -OCH3 is 1. The summed E-state index contributed by atoms with van der Waals surface area (Å²) < 4.78 is 4.45. The molecule has 13 heavy (non-hydrogen) atoms. The average molecular weight is 178 g/mol. The summed E-state index contributed by atoms with van der Waals surface area (Å²) in [6.07, 6.45) is 6.37. The van der Waals surface area contributed by atoms with E-state index in [0.29, 0.717) is 0 Å². The molecule has 0 radical (unpaired) electrons. The highest BCUT2D eigenvalue weighted by Crippen LogP contribution is 2.07. The van der Waals surface area contributed by atoms with Gasteiger partial charge in [-0.1, -0.05) is 25.3 Å². The van der Waals surface area contributed by atoms with Crippen molar-refractivity contribution in [3.8, 4) is 0 Å². The minimum absolute atomic E-state index is 0.379. The first-order valence-corrected chi connectivity index (χ1v) is 3.87. The quantitative estimate of drug-likeness (QED) is 0.375. The second-order valence-electron chi connectivity index (χ2n) is 2.40. The van der Waals surface area contributed by atoms with Crippen molar-refractivity contribution < 1.29 is 9.53 Å². The third-order valence-corrected chi connectivity index (χ3v) is 1.58. The van der Waals surface area contributed by atoms with Crippen molar-refractivity contribution in [2.45, 2.75) is 6.92 Å². The Hall–Kier alpha value is -1.57. The molecule has 0 heterocycles. The van der Waals surface area contributed by atoms with E-state index in [1.54, 1.807) is 18.2 Å². The molecule has 0 atom stereocenters. The van der Waals surface area contributed by atoms with Gasteiger partial charge >= 0.3 is 5.97 Å². The number of rotatable bonds is 4. The Morgan fingerprint density at radius 2 is 1.85 bits per heavy atom. The number of esters is 1. The Balaban J connectivity index is 4.65. The molecule has 0 bridgehead atoms. The largest absolute Gasteiger partial charge is 0.466 e. The molecule has 2 heteroatoms. The van der Waals surface area contributed by atoms with Gasteiger partial charge in [-0.2, -0.15) is 0 Å². The van der Waals surface area contributed by atoms with Crippen molar-refractivity contribution >= 4 is 5.97 Å². The molecule has 0 aromatic heterocycles. The summed E-state index contributed by atoms with van der Waals surface area (Å²) in [6, 6.07) is 0. The van der Waals surface area contributed by atoms with Crippen LogP contribution in [0.4, 0.5) is 0 Å². The maximum absolute atomic E-state index is 10.8. The van der Waals surface area contributed by atoms with E-state index in [-0.39, 0.29) is 5.97 Å². The molecule has 0 aromatic carbocycles. The zero-order valence-corrected chi connectivity index (χ0v) is 8.04. The lowest BCUT2D eigenvalue weighted by molar-refractivity contribution is -0.134. The van der Waals surface area contributed by atoms with Crippen molar-refractivity contribution in [3.63, 3.8) is 0 Å². The summed E-state index contributed by atoms with van der Waals surface area (Å²) in [5.41, 5.74) is 1.83. The molecule has 0 unspecified atom stereocenters. The Morgan fingerprint density at radius 1 is 1.23 bits per heavy atom. The minimum atomic E-state index is -0.379. The Morgan fingerprint density at radius 3 is 2.23 bits per heavy atom. The highest BCUT2D eigenvalue weighted by molar-refractivity contribution is 5.82. The molecule has 0 spiro atoms. The second kappa shape index (κ2) is 6.00. The lowest BCUT2D eigenvalue weighted by Gasteiger charge is -1.97. The molecular weight excluding hydrogens is 164 g/mol. The maximum atomic E-state index is 10.8. The molecule has 0 rings (SSSR count). The Labute approximate surface area is 78.9 Å². The van der Waals surface area contributed by atoms with Gasteiger partial charge in [-0.3, -0.25) is 0 Å². The van der Waals surface area contributed by atoms with Crippen molar-refractivity contribution in [1.82, 2.24) is 0 Å². The van der Waals surface area contributed by atoms with Crippen LogP contribution in [0, 0.1) is 0 Å². The number of carbonyl (C=O) groups excluding carboxylic acids is 1. The second-order valence-corrected chi connectivity index (χ2v) is 2.40. The van der Waals surface area contributed by atoms with Crippen LogP contribution >= 0.6 is 0 Å². The van der Waals surface area contributed by atoms with Crippen LogP contribution < -0.4 is 0 Å². The molecule has 0 aliphatic carbocycles. The van der Waals surface area contributed by atoms with E-state index in [4.69, 9.17) is 0 Å². The van der Waals surface area contributed by atoms with E-state index in [9.17, 15) is 4.79 Å². The van der Waals surface area contributed by atoms with E-state index in [1.165, 1.54) is 13.2 Å². The number of hydrogen-bond acceptors (Lipinski definition) is 2. The summed E-state index contributed by atoms with van der Waals surface area (Å²) in [5.74, 6) is -0.379. The van der Waals surface area contributed by atoms with Gasteiger partial charge in [-0.15, -0.1) is 0 Å². The third kappa shape index (κ3) is 4.11. The molecular formula is C11H14O2. The fourth-order valence-electron chi connectivity index (χ4n) is 0.704. The van der Waals surface area contributed by atoms with E-state index in [1.807, 2.05) is 6.92 Å². The van der Waals surface area contributed by atoms with Gasteiger partial charge in [0, 0.05) is 6.08 Å². The van der Waals surface area contributed by atoms with Crippen LogP contribution in [0.2, 0.25) is 0 Å². The first-order valence-electron chi connectivity index (χ1n) is 3.87. The fraction of sp³-hybridized carbons (Fsp3) is 0.182. The molecule has 0 N–H and O–H groups in total. The van der Waals surface area contributed by atoms with Crippen molar-refractivity contribution in [1.29, 1.82) is 0 Å². The van der Waals surface area contributed by atoms with Crippen LogP contribution in [0.15, 0.2) is 48.6 Å². The molecule has 0 fully saturated rings. The van der Waals surface area contributed by atoms with Gasteiger partial charge in [0.15, 0.2) is 0 Å². The number of hydrogen-bond donors (Lipinski definition) is 0. The normalized spacial score (nSPS) is 12.2. The van der Waals surface area contributed by atoms with E-state index >= 15 is 0 Å². The van der Waals surface area contributed by atoms with Gasteiger partial charge in [0.05, 0.1) is 7.11 Å². The van der Waals surface area contributed by atoms with Crippen LogP contribution in [0.1, 0.15) is 6.92 Å². The minimum Gasteiger partial charge on any atom is -0.466 e. The van der Waals surface area contributed by atoms with Crippen LogP contribution in [-0.4, -0.2) is 13.1 Å². The van der Waals surface area contributed by atoms with Crippen LogP contribution in [-0.2, 0) is 9.53 Å². The Bertz CT molecular complexity index is 270. The highest BCUT2D eigenvalue weighted by atomic mass is 16.5. The van der Waals surface area contributed by atoms with Crippen molar-refractivity contribution in [2.75, 3.05) is 7.11 Å². The molecule has 70 valence electrons. The SMILES string of the molecule is C=C/C(C)=C(C=C)/C=C/C(=O)OC. The summed E-state index contributed by atoms with van der Waals surface area (Å²) in [4.78, 5) is 10.8. The average Bonchev–Trinajstić information content (AvgIpc) is 2.17. The molecule has 0 saturated carbocycles. The zero-order chi connectivity index (χ0) is 10.3. The van der Waals surface area contributed by atoms with Crippen molar-refractivity contribution in [3.05, 3.63) is 48.6 Å². The first kappa shape index (κ1) is 11.4. The number of allylic oxidation sites excluding steroid dienone is 5. The summed E-state index contributed by atoms with van der Waals surface area (Å²) in [7, 11) is 1.34. The maximum Gasteiger partial charge on any atom is 0.330 e. The van der Waals surface area contributed by atoms with Gasteiger partial charge in [-0.05, 0) is 24.1 Å². The summed E-state index contributed by atoms with van der Waals surface area (Å²) in [6.45, 7) is 9.14. The number of ether oxygens (including phenoxy) is 1. The molecule has 0 aromatic rings.